The number of hydrogen-bond acceptors (Lipinski definition) is 4. The average molecular weight is 276 g/mol. The summed E-state index contributed by atoms with van der Waals surface area (Å²) in [5.41, 5.74) is 6.28. The summed E-state index contributed by atoms with van der Waals surface area (Å²) in [5, 5.41) is 0. The van der Waals surface area contributed by atoms with Crippen LogP contribution in [0.25, 0.3) is 0 Å². The second kappa shape index (κ2) is 6.47. The molecule has 0 unspecified atom stereocenters. The number of rotatable bonds is 3. The van der Waals surface area contributed by atoms with Gasteiger partial charge in [-0.15, -0.1) is 0 Å². The van der Waals surface area contributed by atoms with Gasteiger partial charge in [0, 0.05) is 38.6 Å². The highest BCUT2D eigenvalue weighted by molar-refractivity contribution is 5.81. The van der Waals surface area contributed by atoms with E-state index in [0.29, 0.717) is 26.1 Å². The third-order valence-corrected chi connectivity index (χ3v) is 3.56. The van der Waals surface area contributed by atoms with Crippen molar-refractivity contribution in [3.63, 3.8) is 0 Å². The smallest absolute Gasteiger partial charge is 0.227 e. The molecule has 1 aliphatic heterocycles. The molecule has 1 aliphatic rings. The zero-order valence-electron chi connectivity index (χ0n) is 11.7. The van der Waals surface area contributed by atoms with Crippen LogP contribution in [0.15, 0.2) is 24.5 Å². The first-order chi connectivity index (χ1) is 9.56. The Morgan fingerprint density at radius 3 is 2.85 bits per heavy atom. The quantitative estimate of drug-likeness (QED) is 0.807. The first-order valence-electron chi connectivity index (χ1n) is 6.71. The van der Waals surface area contributed by atoms with Crippen LogP contribution < -0.4 is 5.73 Å². The fraction of sp³-hybridized carbons (Fsp3) is 0.500. The molecule has 1 aromatic heterocycles. The first-order valence-corrected chi connectivity index (χ1v) is 6.71. The first kappa shape index (κ1) is 14.5. The second-order valence-corrected chi connectivity index (χ2v) is 5.24. The maximum Gasteiger partial charge on any atom is 0.227 e. The van der Waals surface area contributed by atoms with Gasteiger partial charge in [0.25, 0.3) is 0 Å². The Balaban J connectivity index is 2.02. The molecule has 6 heteroatoms. The minimum absolute atomic E-state index is 0.0135. The van der Waals surface area contributed by atoms with Crippen molar-refractivity contribution in [2.45, 2.75) is 6.42 Å². The minimum Gasteiger partial charge on any atom is -0.369 e. The van der Waals surface area contributed by atoms with Crippen LogP contribution in [0.4, 0.5) is 0 Å². The lowest BCUT2D eigenvalue weighted by molar-refractivity contribution is -0.131. The lowest BCUT2D eigenvalue weighted by Gasteiger charge is -2.22. The minimum atomic E-state index is -0.349. The van der Waals surface area contributed by atoms with Gasteiger partial charge in [-0.25, -0.2) is 0 Å². The highest BCUT2D eigenvalue weighted by Gasteiger charge is 2.27. The molecule has 108 valence electrons. The van der Waals surface area contributed by atoms with Crippen molar-refractivity contribution in [3.8, 4) is 0 Å². The molecular weight excluding hydrogens is 256 g/mol. The van der Waals surface area contributed by atoms with Gasteiger partial charge >= 0.3 is 0 Å². The lowest BCUT2D eigenvalue weighted by atomic mass is 10.1. The Morgan fingerprint density at radius 2 is 2.20 bits per heavy atom. The van der Waals surface area contributed by atoms with Crippen LogP contribution in [-0.4, -0.2) is 59.8 Å². The van der Waals surface area contributed by atoms with Gasteiger partial charge in [-0.05, 0) is 18.7 Å². The number of nitrogens with two attached hydrogens (primary N) is 1. The number of primary amides is 1. The zero-order valence-corrected chi connectivity index (χ0v) is 11.7. The molecule has 1 saturated heterocycles. The summed E-state index contributed by atoms with van der Waals surface area (Å²) < 4.78 is 0. The molecule has 2 heterocycles. The molecule has 1 fully saturated rings. The monoisotopic (exact) mass is 276 g/mol. The van der Waals surface area contributed by atoms with Crippen LogP contribution in [0.5, 0.6) is 0 Å². The van der Waals surface area contributed by atoms with Crippen molar-refractivity contribution in [1.29, 1.82) is 0 Å². The average Bonchev–Trinajstić information content (AvgIpc) is 2.62. The van der Waals surface area contributed by atoms with Gasteiger partial charge in [-0.1, -0.05) is 6.07 Å². The highest BCUT2D eigenvalue weighted by Crippen LogP contribution is 2.10. The molecule has 1 aromatic rings. The molecule has 20 heavy (non-hydrogen) atoms. The Hall–Kier alpha value is -1.95. The van der Waals surface area contributed by atoms with Gasteiger partial charge < -0.3 is 15.5 Å². The molecule has 0 radical (unpaired) electrons. The normalized spacial score (nSPS) is 20.4. The second-order valence-electron chi connectivity index (χ2n) is 5.24. The number of carbonyl (C=O) groups excluding carboxylic acids is 2. The summed E-state index contributed by atoms with van der Waals surface area (Å²) in [6, 6.07) is 3.69. The fourth-order valence-electron chi connectivity index (χ4n) is 2.37. The van der Waals surface area contributed by atoms with E-state index < -0.39 is 0 Å². The molecule has 0 saturated carbocycles. The Labute approximate surface area is 118 Å². The van der Waals surface area contributed by atoms with Crippen molar-refractivity contribution in [2.75, 3.05) is 33.2 Å². The number of carbonyl (C=O) groups is 2. The van der Waals surface area contributed by atoms with E-state index in [0.717, 1.165) is 12.1 Å². The van der Waals surface area contributed by atoms with Gasteiger partial charge in [0.15, 0.2) is 0 Å². The summed E-state index contributed by atoms with van der Waals surface area (Å²) in [7, 11) is 1.94. The maximum absolute atomic E-state index is 12.3. The molecule has 1 atom stereocenters. The molecule has 2 amide bonds. The fourth-order valence-corrected chi connectivity index (χ4v) is 2.37. The number of hydrogen-bond donors (Lipinski definition) is 1. The van der Waals surface area contributed by atoms with E-state index in [2.05, 4.69) is 4.98 Å². The van der Waals surface area contributed by atoms with Crippen molar-refractivity contribution in [3.05, 3.63) is 30.1 Å². The van der Waals surface area contributed by atoms with Gasteiger partial charge in [-0.3, -0.25) is 14.6 Å². The largest absolute Gasteiger partial charge is 0.369 e. The van der Waals surface area contributed by atoms with Crippen molar-refractivity contribution < 1.29 is 9.59 Å². The number of aromatic nitrogens is 1. The van der Waals surface area contributed by atoms with Gasteiger partial charge in [0.2, 0.25) is 11.8 Å². The van der Waals surface area contributed by atoms with Crippen LogP contribution in [-0.2, 0) is 16.0 Å². The number of likely N-dealkylation sites (N-methyl/N-ethyl adjacent to an activating group) is 1. The predicted octanol–water partition coefficient (Wildman–Crippen LogP) is -0.500. The molecule has 0 aromatic carbocycles. The van der Waals surface area contributed by atoms with E-state index in [1.807, 2.05) is 24.1 Å². The third kappa shape index (κ3) is 3.77. The number of pyridine rings is 1. The van der Waals surface area contributed by atoms with Crippen LogP contribution in [0.3, 0.4) is 0 Å². The van der Waals surface area contributed by atoms with Gasteiger partial charge in [0.05, 0.1) is 12.3 Å². The standard InChI is InChI=1S/C14H20N4O2/c1-17-5-6-18(10-12(9-17)14(15)20)13(19)7-11-3-2-4-16-8-11/h2-4,8,12H,5-7,9-10H2,1H3,(H2,15,20)/t12-/m1/s1. The molecule has 0 aliphatic carbocycles. The van der Waals surface area contributed by atoms with Gasteiger partial charge in [-0.2, -0.15) is 0 Å². The topological polar surface area (TPSA) is 79.5 Å². The Kier molecular flexibility index (Phi) is 4.68. The van der Waals surface area contributed by atoms with E-state index >= 15 is 0 Å². The third-order valence-electron chi connectivity index (χ3n) is 3.56. The lowest BCUT2D eigenvalue weighted by Crippen LogP contribution is -2.40. The van der Waals surface area contributed by atoms with Gasteiger partial charge in [0.1, 0.15) is 0 Å². The molecule has 2 rings (SSSR count). The molecule has 0 bridgehead atoms. The van der Waals surface area contributed by atoms with Crippen LogP contribution in [0, 0.1) is 5.92 Å². The van der Waals surface area contributed by atoms with Crippen molar-refractivity contribution in [1.82, 2.24) is 14.8 Å². The summed E-state index contributed by atoms with van der Waals surface area (Å²) >= 11 is 0. The number of amides is 2. The van der Waals surface area contributed by atoms with E-state index in [1.54, 1.807) is 17.3 Å². The van der Waals surface area contributed by atoms with Crippen molar-refractivity contribution in [2.24, 2.45) is 11.7 Å². The Bertz CT molecular complexity index is 477. The van der Waals surface area contributed by atoms with E-state index in [9.17, 15) is 9.59 Å². The van der Waals surface area contributed by atoms with Crippen LogP contribution in [0.2, 0.25) is 0 Å². The van der Waals surface area contributed by atoms with Crippen molar-refractivity contribution >= 4 is 11.8 Å². The summed E-state index contributed by atoms with van der Waals surface area (Å²) in [4.78, 5) is 31.5. The molecular formula is C14H20N4O2. The van der Waals surface area contributed by atoms with E-state index in [4.69, 9.17) is 5.73 Å². The van der Waals surface area contributed by atoms with Crippen LogP contribution >= 0.6 is 0 Å². The zero-order chi connectivity index (χ0) is 14.5. The molecule has 2 N–H and O–H groups in total. The number of nitrogens with zero attached hydrogens (tertiary/aromatic N) is 3. The van der Waals surface area contributed by atoms with Crippen LogP contribution in [0.1, 0.15) is 5.56 Å². The Morgan fingerprint density at radius 1 is 1.40 bits per heavy atom. The van der Waals surface area contributed by atoms with E-state index in [-0.39, 0.29) is 17.7 Å². The molecule has 6 nitrogen and oxygen atoms in total. The maximum atomic E-state index is 12.3. The highest BCUT2D eigenvalue weighted by atomic mass is 16.2. The summed E-state index contributed by atoms with van der Waals surface area (Å²) in [5.74, 6) is -0.641. The summed E-state index contributed by atoms with van der Waals surface area (Å²) in [6.45, 7) is 2.38. The van der Waals surface area contributed by atoms with E-state index in [1.165, 1.54) is 0 Å². The molecule has 0 spiro atoms. The summed E-state index contributed by atoms with van der Waals surface area (Å²) in [6.07, 6.45) is 3.68. The SMILES string of the molecule is CN1CCN(C(=O)Cc2cccnc2)C[C@H](C(N)=O)C1. The predicted molar refractivity (Wildman–Crippen MR) is 74.7 cm³/mol.